The predicted molar refractivity (Wildman–Crippen MR) is 79.5 cm³/mol. The number of rotatable bonds is 4. The quantitative estimate of drug-likeness (QED) is 0.912. The van der Waals surface area contributed by atoms with Gasteiger partial charge in [0.05, 0.1) is 24.2 Å². The molecule has 7 heteroatoms. The number of carboxylic acids is 1. The molecule has 0 spiro atoms. The number of hydrogen-bond donors (Lipinski definition) is 1. The topological polar surface area (TPSA) is 79.7 Å². The fourth-order valence-electron chi connectivity index (χ4n) is 2.35. The van der Waals surface area contributed by atoms with Crippen LogP contribution >= 0.6 is 11.8 Å². The van der Waals surface area contributed by atoms with E-state index in [-0.39, 0.29) is 17.2 Å². The van der Waals surface area contributed by atoms with Crippen molar-refractivity contribution < 1.29 is 19.4 Å². The molecule has 0 radical (unpaired) electrons. The summed E-state index contributed by atoms with van der Waals surface area (Å²) < 4.78 is 5.15. The number of hydrogen-bond acceptors (Lipinski definition) is 5. The molecule has 6 nitrogen and oxygen atoms in total. The van der Waals surface area contributed by atoms with E-state index >= 15 is 0 Å². The molecule has 1 aromatic heterocycles. The molecule has 0 aromatic carbocycles. The fourth-order valence-corrected chi connectivity index (χ4v) is 3.82. The van der Waals surface area contributed by atoms with Gasteiger partial charge in [0.1, 0.15) is 11.8 Å². The zero-order valence-electron chi connectivity index (χ0n) is 12.1. The summed E-state index contributed by atoms with van der Waals surface area (Å²) in [7, 11) is 1.46. The van der Waals surface area contributed by atoms with Crippen molar-refractivity contribution in [3.8, 4) is 5.75 Å². The monoisotopic (exact) mass is 310 g/mol. The first-order valence-corrected chi connectivity index (χ1v) is 7.67. The van der Waals surface area contributed by atoms with Gasteiger partial charge >= 0.3 is 5.97 Å². The zero-order chi connectivity index (χ0) is 15.6. The Hall–Kier alpha value is -1.76. The molecule has 0 saturated carbocycles. The molecule has 2 heterocycles. The number of pyridine rings is 1. The van der Waals surface area contributed by atoms with E-state index in [4.69, 9.17) is 4.74 Å². The maximum atomic E-state index is 12.8. The number of carboxylic acid groups (broad SMARTS) is 1. The summed E-state index contributed by atoms with van der Waals surface area (Å²) in [6.07, 6.45) is 2.95. The Labute approximate surface area is 127 Å². The largest absolute Gasteiger partial charge is 0.494 e. The first-order valence-electron chi connectivity index (χ1n) is 6.62. The minimum Gasteiger partial charge on any atom is -0.494 e. The summed E-state index contributed by atoms with van der Waals surface area (Å²) in [5.74, 6) is -0.392. The van der Waals surface area contributed by atoms with E-state index in [1.807, 2.05) is 13.8 Å². The summed E-state index contributed by atoms with van der Waals surface area (Å²) in [6, 6.07) is 0.744. The molecule has 1 amide bonds. The Morgan fingerprint density at radius 3 is 2.81 bits per heavy atom. The van der Waals surface area contributed by atoms with Crippen LogP contribution in [-0.2, 0) is 4.79 Å². The second kappa shape index (κ2) is 6.34. The molecule has 0 bridgehead atoms. The number of nitrogens with zero attached hydrogens (tertiary/aromatic N) is 2. The molecule has 1 fully saturated rings. The van der Waals surface area contributed by atoms with Crippen LogP contribution in [0.2, 0.25) is 0 Å². The summed E-state index contributed by atoms with van der Waals surface area (Å²) in [5.41, 5.74) is 0.340. The van der Waals surface area contributed by atoms with Crippen LogP contribution in [0.5, 0.6) is 5.75 Å². The van der Waals surface area contributed by atoms with Crippen LogP contribution in [0.15, 0.2) is 18.5 Å². The molecule has 2 unspecified atom stereocenters. The number of ether oxygens (including phenoxy) is 1. The van der Waals surface area contributed by atoms with Gasteiger partial charge < -0.3 is 14.7 Å². The van der Waals surface area contributed by atoms with Crippen LogP contribution in [-0.4, -0.2) is 51.1 Å². The zero-order valence-corrected chi connectivity index (χ0v) is 13.0. The maximum Gasteiger partial charge on any atom is 0.327 e. The van der Waals surface area contributed by atoms with E-state index in [1.54, 1.807) is 6.07 Å². The number of methoxy groups -OCH3 is 1. The lowest BCUT2D eigenvalue weighted by molar-refractivity contribution is -0.141. The SMILES string of the molecule is COc1cnccc1C(=O)N1C(C(=O)O)CSC1C(C)C. The van der Waals surface area contributed by atoms with Crippen molar-refractivity contribution in [3.63, 3.8) is 0 Å². The molecule has 1 N–H and O–H groups in total. The first kappa shape index (κ1) is 15.6. The molecule has 1 aliphatic rings. The van der Waals surface area contributed by atoms with E-state index in [0.717, 1.165) is 0 Å². The van der Waals surface area contributed by atoms with E-state index in [2.05, 4.69) is 4.98 Å². The summed E-state index contributed by atoms with van der Waals surface area (Å²) in [6.45, 7) is 3.96. The van der Waals surface area contributed by atoms with Gasteiger partial charge in [0.25, 0.3) is 5.91 Å². The minimum absolute atomic E-state index is 0.156. The van der Waals surface area contributed by atoms with Gasteiger partial charge in [-0.1, -0.05) is 13.8 Å². The average molecular weight is 310 g/mol. The Morgan fingerprint density at radius 2 is 2.24 bits per heavy atom. The highest BCUT2D eigenvalue weighted by atomic mass is 32.2. The lowest BCUT2D eigenvalue weighted by Gasteiger charge is -2.30. The van der Waals surface area contributed by atoms with Crippen molar-refractivity contribution >= 4 is 23.6 Å². The highest BCUT2D eigenvalue weighted by Crippen LogP contribution is 2.36. The van der Waals surface area contributed by atoms with Crippen molar-refractivity contribution in [2.45, 2.75) is 25.3 Å². The summed E-state index contributed by atoms with van der Waals surface area (Å²) in [5, 5.41) is 9.20. The van der Waals surface area contributed by atoms with Gasteiger partial charge in [-0.2, -0.15) is 0 Å². The number of carbonyl (C=O) groups is 2. The smallest absolute Gasteiger partial charge is 0.327 e. The second-order valence-electron chi connectivity index (χ2n) is 5.11. The van der Waals surface area contributed by atoms with Gasteiger partial charge in [0.2, 0.25) is 0 Å². The van der Waals surface area contributed by atoms with Crippen molar-refractivity contribution in [2.75, 3.05) is 12.9 Å². The Bertz CT molecular complexity index is 550. The van der Waals surface area contributed by atoms with Gasteiger partial charge in [0, 0.05) is 11.9 Å². The number of aromatic nitrogens is 1. The standard InChI is InChI=1S/C14H18N2O4S/c1-8(2)13-16(10(7-21-13)14(18)19)12(17)9-4-5-15-6-11(9)20-3/h4-6,8,10,13H,7H2,1-3H3,(H,18,19). The minimum atomic E-state index is -0.980. The third-order valence-corrected chi connectivity index (χ3v) is 4.98. The average Bonchev–Trinajstić information content (AvgIpc) is 2.91. The Morgan fingerprint density at radius 1 is 1.52 bits per heavy atom. The van der Waals surface area contributed by atoms with Crippen molar-refractivity contribution in [2.24, 2.45) is 5.92 Å². The van der Waals surface area contributed by atoms with Crippen molar-refractivity contribution in [3.05, 3.63) is 24.0 Å². The normalized spacial score (nSPS) is 21.6. The summed E-state index contributed by atoms with van der Waals surface area (Å²) in [4.78, 5) is 29.6. The van der Waals surface area contributed by atoms with Crippen LogP contribution < -0.4 is 4.74 Å². The molecule has 1 aliphatic heterocycles. The van der Waals surface area contributed by atoms with Crippen LogP contribution in [0.3, 0.4) is 0 Å². The number of carbonyl (C=O) groups excluding carboxylic acids is 1. The van der Waals surface area contributed by atoms with Gasteiger partial charge in [-0.05, 0) is 12.0 Å². The number of aliphatic carboxylic acids is 1. The molecular weight excluding hydrogens is 292 g/mol. The molecule has 2 atom stereocenters. The van der Waals surface area contributed by atoms with E-state index < -0.39 is 12.0 Å². The number of amides is 1. The van der Waals surface area contributed by atoms with Crippen LogP contribution in [0.4, 0.5) is 0 Å². The van der Waals surface area contributed by atoms with Crippen LogP contribution in [0.25, 0.3) is 0 Å². The van der Waals surface area contributed by atoms with Gasteiger partial charge in [-0.15, -0.1) is 11.8 Å². The lowest BCUT2D eigenvalue weighted by Crippen LogP contribution is -2.47. The maximum absolute atomic E-state index is 12.8. The highest BCUT2D eigenvalue weighted by Gasteiger charge is 2.43. The van der Waals surface area contributed by atoms with Crippen LogP contribution in [0.1, 0.15) is 24.2 Å². The second-order valence-corrected chi connectivity index (χ2v) is 6.26. The lowest BCUT2D eigenvalue weighted by atomic mass is 10.1. The molecule has 114 valence electrons. The predicted octanol–water partition coefficient (Wildman–Crippen LogP) is 1.71. The molecule has 2 rings (SSSR count). The molecule has 1 aromatic rings. The summed E-state index contributed by atoms with van der Waals surface area (Å²) >= 11 is 1.50. The molecule has 0 aliphatic carbocycles. The van der Waals surface area contributed by atoms with Crippen molar-refractivity contribution in [1.29, 1.82) is 0 Å². The van der Waals surface area contributed by atoms with Crippen molar-refractivity contribution in [1.82, 2.24) is 9.88 Å². The van der Waals surface area contributed by atoms with Gasteiger partial charge in [0.15, 0.2) is 0 Å². The fraction of sp³-hybridized carbons (Fsp3) is 0.500. The van der Waals surface area contributed by atoms with E-state index in [0.29, 0.717) is 17.1 Å². The Balaban J connectivity index is 2.39. The third kappa shape index (κ3) is 2.97. The molecular formula is C14H18N2O4S. The Kier molecular flexibility index (Phi) is 4.72. The van der Waals surface area contributed by atoms with E-state index in [1.165, 1.54) is 36.2 Å². The van der Waals surface area contributed by atoms with E-state index in [9.17, 15) is 14.7 Å². The number of thioether (sulfide) groups is 1. The van der Waals surface area contributed by atoms with Crippen LogP contribution in [0, 0.1) is 5.92 Å². The third-order valence-electron chi connectivity index (χ3n) is 3.36. The first-order chi connectivity index (χ1) is 9.97. The van der Waals surface area contributed by atoms with Gasteiger partial charge in [-0.3, -0.25) is 9.78 Å². The molecule has 1 saturated heterocycles. The van der Waals surface area contributed by atoms with Gasteiger partial charge in [-0.25, -0.2) is 4.79 Å². The molecule has 21 heavy (non-hydrogen) atoms. The highest BCUT2D eigenvalue weighted by molar-refractivity contribution is 8.00.